The number of H-pyrrole nitrogens is 1. The lowest BCUT2D eigenvalue weighted by Gasteiger charge is -1.93. The molecule has 0 aliphatic carbocycles. The molecular formula is C13H19N. The summed E-state index contributed by atoms with van der Waals surface area (Å²) in [6, 6.07) is 8.58. The number of nitrogens with one attached hydrogen (secondary N) is 1. The van der Waals surface area contributed by atoms with E-state index in [9.17, 15) is 0 Å². The molecule has 1 N–H and O–H groups in total. The summed E-state index contributed by atoms with van der Waals surface area (Å²) in [6.07, 6.45) is 4.41. The van der Waals surface area contributed by atoms with E-state index in [-0.39, 0.29) is 0 Å². The second kappa shape index (κ2) is 5.48. The summed E-state index contributed by atoms with van der Waals surface area (Å²) in [5, 5.41) is 0. The summed E-state index contributed by atoms with van der Waals surface area (Å²) >= 11 is 0. The lowest BCUT2D eigenvalue weighted by Crippen LogP contribution is -1.81. The third kappa shape index (κ3) is 3.65. The first kappa shape index (κ1) is 10.8. The molecule has 0 aliphatic heterocycles. The molecule has 1 aromatic rings. The Hall–Kier alpha value is -1.24. The Bertz CT molecular complexity index is 305. The molecule has 0 fully saturated rings. The second-order valence-electron chi connectivity index (χ2n) is 3.71. The van der Waals surface area contributed by atoms with E-state index in [2.05, 4.69) is 56.2 Å². The number of rotatable bonds is 2. The molecule has 1 heteroatoms. The molecule has 0 aliphatic rings. The Morgan fingerprint density at radius 3 is 2.50 bits per heavy atom. The van der Waals surface area contributed by atoms with Crippen molar-refractivity contribution in [2.24, 2.45) is 0 Å². The highest BCUT2D eigenvalue weighted by Gasteiger charge is 1.86. The summed E-state index contributed by atoms with van der Waals surface area (Å²) in [5.74, 6) is 0. The van der Waals surface area contributed by atoms with Crippen LogP contribution in [0.2, 0.25) is 0 Å². The van der Waals surface area contributed by atoms with E-state index < -0.39 is 0 Å². The summed E-state index contributed by atoms with van der Waals surface area (Å²) in [4.78, 5) is 3.28. The standard InChI is InChI=1S/C13H19N/c1-4-5-13-9-7-11(2)6-8-12(3)14-10-13/h6-10,14H,4-5H2,1-3H3. The Kier molecular flexibility index (Phi) is 4.24. The Morgan fingerprint density at radius 1 is 1.07 bits per heavy atom. The van der Waals surface area contributed by atoms with Crippen molar-refractivity contribution < 1.29 is 0 Å². The van der Waals surface area contributed by atoms with Crippen LogP contribution in [0.3, 0.4) is 0 Å². The molecule has 76 valence electrons. The first-order chi connectivity index (χ1) is 6.72. The largest absolute Gasteiger partial charge is 0.365 e. The molecule has 0 saturated carbocycles. The van der Waals surface area contributed by atoms with E-state index >= 15 is 0 Å². The van der Waals surface area contributed by atoms with Crippen molar-refractivity contribution in [1.29, 1.82) is 0 Å². The number of aromatic amines is 1. The molecule has 0 amide bonds. The van der Waals surface area contributed by atoms with Crippen LogP contribution in [0.1, 0.15) is 30.2 Å². The van der Waals surface area contributed by atoms with E-state index in [1.165, 1.54) is 23.2 Å². The van der Waals surface area contributed by atoms with Gasteiger partial charge in [0.15, 0.2) is 0 Å². The first-order valence-corrected chi connectivity index (χ1v) is 5.21. The average molecular weight is 189 g/mol. The fourth-order valence-corrected chi connectivity index (χ4v) is 1.30. The zero-order chi connectivity index (χ0) is 10.4. The van der Waals surface area contributed by atoms with Gasteiger partial charge in [0.2, 0.25) is 0 Å². The lowest BCUT2D eigenvalue weighted by molar-refractivity contribution is 0.915. The monoisotopic (exact) mass is 189 g/mol. The average Bonchev–Trinajstić information content (AvgIpc) is 2.24. The van der Waals surface area contributed by atoms with Gasteiger partial charge < -0.3 is 4.98 Å². The highest BCUT2D eigenvalue weighted by Crippen LogP contribution is 2.01. The van der Waals surface area contributed by atoms with Gasteiger partial charge in [0.25, 0.3) is 0 Å². The van der Waals surface area contributed by atoms with Crippen LogP contribution in [-0.4, -0.2) is 4.98 Å². The normalized spacial score (nSPS) is 9.64. The zero-order valence-corrected chi connectivity index (χ0v) is 9.30. The van der Waals surface area contributed by atoms with E-state index in [4.69, 9.17) is 0 Å². The summed E-state index contributed by atoms with van der Waals surface area (Å²) in [6.45, 7) is 6.40. The number of hydrogen-bond donors (Lipinski definition) is 1. The van der Waals surface area contributed by atoms with Crippen molar-refractivity contribution in [3.05, 3.63) is 47.3 Å². The van der Waals surface area contributed by atoms with Crippen LogP contribution in [0.4, 0.5) is 0 Å². The molecule has 14 heavy (non-hydrogen) atoms. The number of aromatic nitrogens is 1. The molecule has 1 aromatic heterocycles. The van der Waals surface area contributed by atoms with Crippen LogP contribution >= 0.6 is 0 Å². The smallest absolute Gasteiger partial charge is 0.0115 e. The van der Waals surface area contributed by atoms with Gasteiger partial charge in [-0.1, -0.05) is 37.1 Å². The van der Waals surface area contributed by atoms with Gasteiger partial charge in [0.1, 0.15) is 0 Å². The molecule has 0 saturated heterocycles. The topological polar surface area (TPSA) is 15.8 Å². The number of hydrogen-bond acceptors (Lipinski definition) is 0. The van der Waals surface area contributed by atoms with Gasteiger partial charge in [0.05, 0.1) is 0 Å². The Morgan fingerprint density at radius 2 is 1.79 bits per heavy atom. The van der Waals surface area contributed by atoms with Crippen molar-refractivity contribution >= 4 is 0 Å². The van der Waals surface area contributed by atoms with E-state index in [1.54, 1.807) is 0 Å². The van der Waals surface area contributed by atoms with Gasteiger partial charge in [-0.05, 0) is 31.9 Å². The predicted octanol–water partition coefficient (Wildman–Crippen LogP) is 3.71. The van der Waals surface area contributed by atoms with Crippen molar-refractivity contribution in [2.75, 3.05) is 0 Å². The van der Waals surface area contributed by atoms with Crippen LogP contribution in [0.5, 0.6) is 0 Å². The first-order valence-electron chi connectivity index (χ1n) is 5.21. The Balaban J connectivity index is 3.17. The minimum Gasteiger partial charge on any atom is -0.365 e. The van der Waals surface area contributed by atoms with Crippen molar-refractivity contribution in [3.8, 4) is 0 Å². The molecular weight excluding hydrogens is 170 g/mol. The van der Waals surface area contributed by atoms with Gasteiger partial charge >= 0.3 is 0 Å². The quantitative estimate of drug-likeness (QED) is 0.730. The minimum atomic E-state index is 1.13. The molecule has 0 bridgehead atoms. The van der Waals surface area contributed by atoms with Crippen molar-refractivity contribution in [2.45, 2.75) is 33.6 Å². The molecule has 1 heterocycles. The highest BCUT2D eigenvalue weighted by atomic mass is 14.6. The molecule has 0 aromatic carbocycles. The molecule has 1 nitrogen and oxygen atoms in total. The van der Waals surface area contributed by atoms with Crippen LogP contribution in [0, 0.1) is 13.8 Å². The Labute approximate surface area is 86.5 Å². The fraction of sp³-hybridized carbons (Fsp3) is 0.385. The maximum absolute atomic E-state index is 3.28. The molecule has 0 unspecified atom stereocenters. The van der Waals surface area contributed by atoms with Crippen molar-refractivity contribution in [3.63, 3.8) is 0 Å². The fourth-order valence-electron chi connectivity index (χ4n) is 1.30. The van der Waals surface area contributed by atoms with Gasteiger partial charge in [-0.3, -0.25) is 0 Å². The van der Waals surface area contributed by atoms with E-state index in [0.717, 1.165) is 6.42 Å². The summed E-state index contributed by atoms with van der Waals surface area (Å²) < 4.78 is 0. The van der Waals surface area contributed by atoms with Gasteiger partial charge in [0, 0.05) is 11.9 Å². The number of aryl methyl sites for hydroxylation is 3. The molecule has 0 radical (unpaired) electrons. The molecule has 0 atom stereocenters. The SMILES string of the molecule is CCCc1ccc(C)ccc(C)[nH]c1. The van der Waals surface area contributed by atoms with Gasteiger partial charge in [-0.2, -0.15) is 0 Å². The lowest BCUT2D eigenvalue weighted by atomic mass is 10.2. The second-order valence-corrected chi connectivity index (χ2v) is 3.71. The third-order valence-corrected chi connectivity index (χ3v) is 2.18. The van der Waals surface area contributed by atoms with Gasteiger partial charge in [-0.15, -0.1) is 0 Å². The maximum Gasteiger partial charge on any atom is 0.0115 e. The van der Waals surface area contributed by atoms with E-state index in [1.807, 2.05) is 0 Å². The van der Waals surface area contributed by atoms with Crippen LogP contribution in [-0.2, 0) is 6.42 Å². The van der Waals surface area contributed by atoms with Crippen LogP contribution < -0.4 is 0 Å². The van der Waals surface area contributed by atoms with Crippen LogP contribution in [0.15, 0.2) is 30.5 Å². The third-order valence-electron chi connectivity index (χ3n) is 2.18. The van der Waals surface area contributed by atoms with Crippen LogP contribution in [0.25, 0.3) is 0 Å². The maximum atomic E-state index is 3.28. The van der Waals surface area contributed by atoms with Gasteiger partial charge in [-0.25, -0.2) is 0 Å². The highest BCUT2D eigenvalue weighted by molar-refractivity contribution is 5.16. The molecule has 0 spiro atoms. The van der Waals surface area contributed by atoms with Crippen molar-refractivity contribution in [1.82, 2.24) is 4.98 Å². The van der Waals surface area contributed by atoms with E-state index in [0.29, 0.717) is 0 Å². The zero-order valence-electron chi connectivity index (χ0n) is 9.30. The minimum absolute atomic E-state index is 1.13. The summed E-state index contributed by atoms with van der Waals surface area (Å²) in [7, 11) is 0. The molecule has 1 rings (SSSR count). The predicted molar refractivity (Wildman–Crippen MR) is 61.9 cm³/mol. The summed E-state index contributed by atoms with van der Waals surface area (Å²) in [5.41, 5.74) is 3.83.